The monoisotopic (exact) mass is 364 g/mol. The van der Waals surface area contributed by atoms with Crippen LogP contribution in [0.2, 0.25) is 0 Å². The first-order valence-electron chi connectivity index (χ1n) is 8.23. The summed E-state index contributed by atoms with van der Waals surface area (Å²) in [6.45, 7) is 1.90. The molecule has 0 saturated carbocycles. The van der Waals surface area contributed by atoms with Crippen LogP contribution in [0.15, 0.2) is 50.5 Å². The van der Waals surface area contributed by atoms with E-state index in [0.29, 0.717) is 11.3 Å². The lowest BCUT2D eigenvalue weighted by molar-refractivity contribution is 0.0998. The van der Waals surface area contributed by atoms with E-state index >= 15 is 0 Å². The molecule has 8 nitrogen and oxygen atoms in total. The van der Waals surface area contributed by atoms with Crippen LogP contribution >= 0.6 is 0 Å². The quantitative estimate of drug-likeness (QED) is 0.586. The van der Waals surface area contributed by atoms with Gasteiger partial charge in [0.2, 0.25) is 0 Å². The van der Waals surface area contributed by atoms with E-state index in [9.17, 15) is 14.4 Å². The minimum absolute atomic E-state index is 0.160. The second-order valence-electron chi connectivity index (χ2n) is 6.36. The molecule has 0 radical (unpaired) electrons. The van der Waals surface area contributed by atoms with Crippen LogP contribution in [0.25, 0.3) is 22.0 Å². The van der Waals surface area contributed by atoms with E-state index in [0.717, 1.165) is 15.5 Å². The molecule has 3 heterocycles. The predicted molar refractivity (Wildman–Crippen MR) is 101 cm³/mol. The fraction of sp³-hybridized carbons (Fsp3) is 0.158. The number of fused-ring (bicyclic) bond motifs is 2. The number of para-hydroxylation sites is 1. The number of rotatable bonds is 2. The van der Waals surface area contributed by atoms with Gasteiger partial charge in [0.25, 0.3) is 11.5 Å². The summed E-state index contributed by atoms with van der Waals surface area (Å²) in [4.78, 5) is 41.0. The number of aryl methyl sites for hydroxylation is 2. The van der Waals surface area contributed by atoms with Gasteiger partial charge in [-0.3, -0.25) is 18.7 Å². The van der Waals surface area contributed by atoms with Crippen LogP contribution in [0, 0.1) is 6.92 Å². The van der Waals surface area contributed by atoms with Gasteiger partial charge in [0.1, 0.15) is 11.2 Å². The molecule has 0 aliphatic heterocycles. The molecule has 0 aliphatic rings. The molecule has 0 saturated heterocycles. The molecule has 3 aromatic heterocycles. The van der Waals surface area contributed by atoms with Crippen LogP contribution in [-0.4, -0.2) is 20.0 Å². The number of benzene rings is 1. The number of aromatic nitrogens is 3. The Kier molecular flexibility index (Phi) is 3.69. The number of nitrogens with zero attached hydrogens (tertiary/aromatic N) is 3. The molecule has 136 valence electrons. The number of carbonyl (C=O) groups is 1. The molecule has 1 N–H and O–H groups in total. The second kappa shape index (κ2) is 5.94. The van der Waals surface area contributed by atoms with Crippen molar-refractivity contribution in [2.75, 3.05) is 5.32 Å². The highest BCUT2D eigenvalue weighted by atomic mass is 16.3. The molecule has 0 bridgehead atoms. The minimum atomic E-state index is -0.476. The van der Waals surface area contributed by atoms with Gasteiger partial charge in [0, 0.05) is 19.5 Å². The van der Waals surface area contributed by atoms with Gasteiger partial charge in [-0.25, -0.2) is 9.78 Å². The third-order valence-corrected chi connectivity index (χ3v) is 4.52. The van der Waals surface area contributed by atoms with Crippen molar-refractivity contribution >= 4 is 33.6 Å². The number of pyridine rings is 1. The average Bonchev–Trinajstić information content (AvgIpc) is 3.10. The molecule has 0 aliphatic carbocycles. The number of hydrogen-bond acceptors (Lipinski definition) is 5. The standard InChI is InChI=1S/C19H16N4O4/c1-10-5-4-6-11-7-14(27-15(10)11)17(24)21-12-8-13-16(20-9-12)22(2)19(26)23(3)18(13)25/h4-9H,1-3H3,(H,21,24). The first-order chi connectivity index (χ1) is 12.9. The van der Waals surface area contributed by atoms with Gasteiger partial charge in [-0.15, -0.1) is 0 Å². The normalized spacial score (nSPS) is 11.2. The lowest BCUT2D eigenvalue weighted by Crippen LogP contribution is -2.37. The molecular weight excluding hydrogens is 348 g/mol. The Morgan fingerprint density at radius 1 is 1.15 bits per heavy atom. The number of nitrogens with one attached hydrogen (secondary N) is 1. The molecule has 0 spiro atoms. The predicted octanol–water partition coefficient (Wildman–Crippen LogP) is 1.94. The SMILES string of the molecule is Cc1cccc2cc(C(=O)Nc3cnc4c(c3)c(=O)n(C)c(=O)n4C)oc12. The summed E-state index contributed by atoms with van der Waals surface area (Å²) < 4.78 is 7.93. The molecule has 0 atom stereocenters. The molecule has 8 heteroatoms. The molecule has 0 fully saturated rings. The maximum absolute atomic E-state index is 12.5. The maximum Gasteiger partial charge on any atom is 0.332 e. The smallest absolute Gasteiger partial charge is 0.332 e. The van der Waals surface area contributed by atoms with Crippen molar-refractivity contribution in [1.29, 1.82) is 0 Å². The summed E-state index contributed by atoms with van der Waals surface area (Å²) in [7, 11) is 2.93. The highest BCUT2D eigenvalue weighted by Gasteiger charge is 2.15. The lowest BCUT2D eigenvalue weighted by Gasteiger charge is -2.08. The first-order valence-corrected chi connectivity index (χ1v) is 8.23. The zero-order valence-corrected chi connectivity index (χ0v) is 14.9. The van der Waals surface area contributed by atoms with Crippen LogP contribution in [0.5, 0.6) is 0 Å². The molecule has 4 rings (SSSR count). The summed E-state index contributed by atoms with van der Waals surface area (Å²) in [6, 6.07) is 8.82. The van der Waals surface area contributed by atoms with Crippen molar-refractivity contribution in [3.05, 3.63) is 68.7 Å². The van der Waals surface area contributed by atoms with Gasteiger partial charge < -0.3 is 9.73 Å². The Labute approximate surface area is 152 Å². The molecule has 1 amide bonds. The van der Waals surface area contributed by atoms with Gasteiger partial charge in [0.05, 0.1) is 17.3 Å². The number of amides is 1. The van der Waals surface area contributed by atoms with E-state index in [-0.39, 0.29) is 16.8 Å². The highest BCUT2D eigenvalue weighted by molar-refractivity contribution is 6.05. The topological polar surface area (TPSA) is 99.1 Å². The van der Waals surface area contributed by atoms with Gasteiger partial charge in [-0.2, -0.15) is 0 Å². The zero-order chi connectivity index (χ0) is 19.3. The Morgan fingerprint density at radius 2 is 1.93 bits per heavy atom. The van der Waals surface area contributed by atoms with Crippen LogP contribution in [0.1, 0.15) is 16.1 Å². The molecule has 4 aromatic rings. The Morgan fingerprint density at radius 3 is 2.67 bits per heavy atom. The highest BCUT2D eigenvalue weighted by Crippen LogP contribution is 2.23. The number of hydrogen-bond donors (Lipinski definition) is 1. The average molecular weight is 364 g/mol. The summed E-state index contributed by atoms with van der Waals surface area (Å²) in [6.07, 6.45) is 1.40. The number of anilines is 1. The van der Waals surface area contributed by atoms with Crippen LogP contribution in [-0.2, 0) is 14.1 Å². The third kappa shape index (κ3) is 2.62. The van der Waals surface area contributed by atoms with Crippen molar-refractivity contribution in [2.45, 2.75) is 6.92 Å². The van der Waals surface area contributed by atoms with Crippen molar-refractivity contribution in [3.63, 3.8) is 0 Å². The van der Waals surface area contributed by atoms with Gasteiger partial charge in [-0.1, -0.05) is 18.2 Å². The van der Waals surface area contributed by atoms with Crippen molar-refractivity contribution in [3.8, 4) is 0 Å². The Bertz CT molecular complexity index is 1340. The zero-order valence-electron chi connectivity index (χ0n) is 14.9. The van der Waals surface area contributed by atoms with E-state index in [1.807, 2.05) is 25.1 Å². The summed E-state index contributed by atoms with van der Waals surface area (Å²) in [5.41, 5.74) is 1.23. The first kappa shape index (κ1) is 16.8. The van der Waals surface area contributed by atoms with Crippen LogP contribution < -0.4 is 16.6 Å². The summed E-state index contributed by atoms with van der Waals surface area (Å²) in [5.74, 6) is -0.291. The molecular formula is C19H16N4O4. The molecule has 0 unspecified atom stereocenters. The van der Waals surface area contributed by atoms with Crippen LogP contribution in [0.3, 0.4) is 0 Å². The van der Waals surface area contributed by atoms with Gasteiger partial charge in [-0.05, 0) is 24.6 Å². The molecule has 27 heavy (non-hydrogen) atoms. The van der Waals surface area contributed by atoms with E-state index in [2.05, 4.69) is 10.3 Å². The van der Waals surface area contributed by atoms with Gasteiger partial charge in [0.15, 0.2) is 5.76 Å². The van der Waals surface area contributed by atoms with E-state index in [1.165, 1.54) is 30.9 Å². The van der Waals surface area contributed by atoms with Crippen LogP contribution in [0.4, 0.5) is 5.69 Å². The van der Waals surface area contributed by atoms with Gasteiger partial charge >= 0.3 is 5.69 Å². The van der Waals surface area contributed by atoms with Crippen molar-refractivity contribution < 1.29 is 9.21 Å². The van der Waals surface area contributed by atoms with E-state index in [4.69, 9.17) is 4.42 Å². The van der Waals surface area contributed by atoms with Crippen molar-refractivity contribution in [2.24, 2.45) is 14.1 Å². The fourth-order valence-electron chi connectivity index (χ4n) is 3.05. The fourth-order valence-corrected chi connectivity index (χ4v) is 3.05. The van der Waals surface area contributed by atoms with E-state index < -0.39 is 17.2 Å². The lowest BCUT2D eigenvalue weighted by atomic mass is 10.2. The number of carbonyl (C=O) groups excluding carboxylic acids is 1. The summed E-state index contributed by atoms with van der Waals surface area (Å²) >= 11 is 0. The minimum Gasteiger partial charge on any atom is -0.451 e. The van der Waals surface area contributed by atoms with Crippen molar-refractivity contribution in [1.82, 2.24) is 14.1 Å². The third-order valence-electron chi connectivity index (χ3n) is 4.52. The second-order valence-corrected chi connectivity index (χ2v) is 6.36. The Hall–Kier alpha value is -3.68. The largest absolute Gasteiger partial charge is 0.451 e. The Balaban J connectivity index is 1.74. The summed E-state index contributed by atoms with van der Waals surface area (Å²) in [5, 5.41) is 3.75. The maximum atomic E-state index is 12.5. The number of furan rings is 1. The van der Waals surface area contributed by atoms with E-state index in [1.54, 1.807) is 6.07 Å². The molecule has 1 aromatic carbocycles.